The lowest BCUT2D eigenvalue weighted by molar-refractivity contribution is -0.134. The average Bonchev–Trinajstić information content (AvgIpc) is 2.95. The van der Waals surface area contributed by atoms with E-state index in [0.29, 0.717) is 19.7 Å². The van der Waals surface area contributed by atoms with E-state index in [1.54, 1.807) is 0 Å². The lowest BCUT2D eigenvalue weighted by Gasteiger charge is -2.22. The fourth-order valence-corrected chi connectivity index (χ4v) is 2.44. The zero-order chi connectivity index (χ0) is 14.5. The Morgan fingerprint density at radius 1 is 1.35 bits per heavy atom. The Balaban J connectivity index is 0.00000132. The van der Waals surface area contributed by atoms with Crippen molar-refractivity contribution in [3.05, 3.63) is 30.1 Å². The summed E-state index contributed by atoms with van der Waals surface area (Å²) in [6.45, 7) is 2.64. The van der Waals surface area contributed by atoms with Crippen LogP contribution in [0.15, 0.2) is 24.3 Å². The minimum Gasteiger partial charge on any atom is -0.366 e. The zero-order valence-electron chi connectivity index (χ0n) is 12.7. The minimum absolute atomic E-state index is 0. The highest BCUT2D eigenvalue weighted by Crippen LogP contribution is 2.11. The number of benzene rings is 1. The van der Waals surface area contributed by atoms with Crippen molar-refractivity contribution in [1.82, 2.24) is 20.6 Å². The number of imidazole rings is 1. The molecule has 3 rings (SSSR count). The van der Waals surface area contributed by atoms with Crippen molar-refractivity contribution < 1.29 is 9.53 Å². The van der Waals surface area contributed by atoms with Crippen molar-refractivity contribution in [2.24, 2.45) is 0 Å². The van der Waals surface area contributed by atoms with Crippen LogP contribution in [0, 0.1) is 0 Å². The summed E-state index contributed by atoms with van der Waals surface area (Å²) in [6.07, 6.45) is 1.31. The molecular weight excluding hydrogens is 339 g/mol. The molecular formula is C15H22Cl2N4O2. The monoisotopic (exact) mass is 360 g/mol. The van der Waals surface area contributed by atoms with Crippen LogP contribution in [0.1, 0.15) is 12.2 Å². The van der Waals surface area contributed by atoms with Gasteiger partial charge in [-0.15, -0.1) is 24.8 Å². The number of carbonyl (C=O) groups excluding carboxylic acids is 1. The van der Waals surface area contributed by atoms with E-state index in [1.165, 1.54) is 0 Å². The quantitative estimate of drug-likeness (QED) is 0.705. The number of nitrogens with one attached hydrogen (secondary N) is 3. The van der Waals surface area contributed by atoms with Crippen LogP contribution in [-0.4, -0.2) is 48.2 Å². The maximum Gasteiger partial charge on any atom is 0.250 e. The molecule has 1 unspecified atom stereocenters. The first-order chi connectivity index (χ1) is 10.3. The van der Waals surface area contributed by atoms with Gasteiger partial charge in [-0.3, -0.25) is 4.79 Å². The third-order valence-electron chi connectivity index (χ3n) is 3.55. The maximum absolute atomic E-state index is 11.9. The van der Waals surface area contributed by atoms with Gasteiger partial charge >= 0.3 is 0 Å². The molecule has 1 aromatic carbocycles. The molecule has 1 aliphatic heterocycles. The zero-order valence-corrected chi connectivity index (χ0v) is 14.3. The Bertz CT molecular complexity index is 581. The Hall–Kier alpha value is -1.34. The van der Waals surface area contributed by atoms with Crippen molar-refractivity contribution in [2.75, 3.05) is 26.2 Å². The number of H-pyrrole nitrogens is 1. The van der Waals surface area contributed by atoms with E-state index in [-0.39, 0.29) is 36.8 Å². The summed E-state index contributed by atoms with van der Waals surface area (Å²) in [5, 5.41) is 6.06. The van der Waals surface area contributed by atoms with Gasteiger partial charge in [0.25, 0.3) is 0 Å². The van der Waals surface area contributed by atoms with E-state index in [4.69, 9.17) is 4.74 Å². The molecule has 1 atom stereocenters. The molecule has 0 bridgehead atoms. The van der Waals surface area contributed by atoms with Crippen LogP contribution in [0.4, 0.5) is 0 Å². The number of ether oxygens (including phenoxy) is 1. The molecule has 1 amide bonds. The number of para-hydroxylation sites is 2. The molecule has 1 aromatic heterocycles. The van der Waals surface area contributed by atoms with Crippen LogP contribution < -0.4 is 10.6 Å². The SMILES string of the molecule is Cl.Cl.O=C(NCCCc1nc2ccccc2[nH]1)C1CNCCO1. The normalized spacial score (nSPS) is 17.1. The lowest BCUT2D eigenvalue weighted by atomic mass is 10.2. The molecule has 6 nitrogen and oxygen atoms in total. The number of aromatic amines is 1. The second-order valence-corrected chi connectivity index (χ2v) is 5.16. The molecule has 3 N–H and O–H groups in total. The number of amides is 1. The van der Waals surface area contributed by atoms with Crippen molar-refractivity contribution in [2.45, 2.75) is 18.9 Å². The third kappa shape index (κ3) is 5.35. The molecule has 0 saturated carbocycles. The summed E-state index contributed by atoms with van der Waals surface area (Å²) in [5.74, 6) is 0.924. The van der Waals surface area contributed by atoms with Gasteiger partial charge in [-0.05, 0) is 18.6 Å². The number of hydrogen-bond donors (Lipinski definition) is 3. The van der Waals surface area contributed by atoms with Gasteiger partial charge < -0.3 is 20.4 Å². The third-order valence-corrected chi connectivity index (χ3v) is 3.55. The number of carbonyl (C=O) groups is 1. The molecule has 1 aliphatic rings. The van der Waals surface area contributed by atoms with Gasteiger partial charge in [0.05, 0.1) is 17.6 Å². The molecule has 2 aromatic rings. The van der Waals surface area contributed by atoms with Crippen molar-refractivity contribution in [3.8, 4) is 0 Å². The van der Waals surface area contributed by atoms with Crippen LogP contribution in [0.5, 0.6) is 0 Å². The van der Waals surface area contributed by atoms with Crippen LogP contribution >= 0.6 is 24.8 Å². The van der Waals surface area contributed by atoms with E-state index >= 15 is 0 Å². The van der Waals surface area contributed by atoms with Crippen molar-refractivity contribution in [1.29, 1.82) is 0 Å². The van der Waals surface area contributed by atoms with Crippen molar-refractivity contribution in [3.63, 3.8) is 0 Å². The van der Waals surface area contributed by atoms with Gasteiger partial charge in [0.15, 0.2) is 0 Å². The first-order valence-electron chi connectivity index (χ1n) is 7.36. The topological polar surface area (TPSA) is 79.0 Å². The summed E-state index contributed by atoms with van der Waals surface area (Å²) in [4.78, 5) is 19.7. The number of morpholine rings is 1. The summed E-state index contributed by atoms with van der Waals surface area (Å²) in [6, 6.07) is 7.97. The largest absolute Gasteiger partial charge is 0.366 e. The lowest BCUT2D eigenvalue weighted by Crippen LogP contribution is -2.48. The molecule has 23 heavy (non-hydrogen) atoms. The molecule has 0 radical (unpaired) electrons. The summed E-state index contributed by atoms with van der Waals surface area (Å²) >= 11 is 0. The Labute approximate surface area is 147 Å². The number of aromatic nitrogens is 2. The predicted octanol–water partition coefficient (Wildman–Crippen LogP) is 1.44. The van der Waals surface area contributed by atoms with E-state index in [1.807, 2.05) is 24.3 Å². The van der Waals surface area contributed by atoms with Crippen LogP contribution in [0.2, 0.25) is 0 Å². The Kier molecular flexibility index (Phi) is 8.33. The number of halogens is 2. The average molecular weight is 361 g/mol. The maximum atomic E-state index is 11.9. The van der Waals surface area contributed by atoms with Gasteiger partial charge in [-0.25, -0.2) is 4.98 Å². The molecule has 1 fully saturated rings. The first kappa shape index (κ1) is 19.7. The summed E-state index contributed by atoms with van der Waals surface area (Å²) in [5.41, 5.74) is 2.04. The molecule has 1 saturated heterocycles. The van der Waals surface area contributed by atoms with E-state index in [0.717, 1.165) is 36.2 Å². The van der Waals surface area contributed by atoms with Gasteiger partial charge in [0.2, 0.25) is 5.91 Å². The minimum atomic E-state index is -0.357. The second kappa shape index (κ2) is 9.72. The molecule has 8 heteroatoms. The standard InChI is InChI=1S/C15H20N4O2.2ClH/c20-15(13-10-16-8-9-21-13)17-7-3-6-14-18-11-4-1-2-5-12(11)19-14;;/h1-2,4-5,13,16H,3,6-10H2,(H,17,20)(H,18,19);2*1H. The number of nitrogens with zero attached hydrogens (tertiary/aromatic N) is 1. The number of hydrogen-bond acceptors (Lipinski definition) is 4. The number of fused-ring (bicyclic) bond motifs is 1. The van der Waals surface area contributed by atoms with E-state index in [2.05, 4.69) is 20.6 Å². The van der Waals surface area contributed by atoms with Gasteiger partial charge in [-0.2, -0.15) is 0 Å². The Morgan fingerprint density at radius 3 is 2.91 bits per heavy atom. The fourth-order valence-electron chi connectivity index (χ4n) is 2.44. The predicted molar refractivity (Wildman–Crippen MR) is 94.5 cm³/mol. The highest BCUT2D eigenvalue weighted by atomic mass is 35.5. The first-order valence-corrected chi connectivity index (χ1v) is 7.36. The second-order valence-electron chi connectivity index (χ2n) is 5.16. The highest BCUT2D eigenvalue weighted by molar-refractivity contribution is 5.85. The summed E-state index contributed by atoms with van der Waals surface area (Å²) < 4.78 is 5.40. The smallest absolute Gasteiger partial charge is 0.250 e. The number of aryl methyl sites for hydroxylation is 1. The van der Waals surface area contributed by atoms with Gasteiger partial charge in [0.1, 0.15) is 11.9 Å². The molecule has 128 valence electrons. The van der Waals surface area contributed by atoms with E-state index in [9.17, 15) is 4.79 Å². The fraction of sp³-hybridized carbons (Fsp3) is 0.467. The Morgan fingerprint density at radius 2 is 2.17 bits per heavy atom. The molecule has 0 spiro atoms. The molecule has 2 heterocycles. The van der Waals surface area contributed by atoms with Crippen LogP contribution in [0.25, 0.3) is 11.0 Å². The van der Waals surface area contributed by atoms with E-state index < -0.39 is 0 Å². The van der Waals surface area contributed by atoms with Crippen LogP contribution in [-0.2, 0) is 16.0 Å². The highest BCUT2D eigenvalue weighted by Gasteiger charge is 2.20. The van der Waals surface area contributed by atoms with Crippen molar-refractivity contribution >= 4 is 41.8 Å². The van der Waals surface area contributed by atoms with Gasteiger partial charge in [-0.1, -0.05) is 12.1 Å². The number of rotatable bonds is 5. The van der Waals surface area contributed by atoms with Crippen LogP contribution in [0.3, 0.4) is 0 Å². The molecule has 0 aliphatic carbocycles. The summed E-state index contributed by atoms with van der Waals surface area (Å²) in [7, 11) is 0. The van der Waals surface area contributed by atoms with Gasteiger partial charge in [0, 0.05) is 26.1 Å².